The summed E-state index contributed by atoms with van der Waals surface area (Å²) < 4.78 is 0. The Labute approximate surface area is 189 Å². The van der Waals surface area contributed by atoms with E-state index in [4.69, 9.17) is 0 Å². The van der Waals surface area contributed by atoms with E-state index in [0.29, 0.717) is 22.0 Å². The number of anilines is 1. The molecule has 0 saturated heterocycles. The highest BCUT2D eigenvalue weighted by atomic mass is 16.6. The van der Waals surface area contributed by atoms with Crippen LogP contribution < -0.4 is 10.5 Å². The molecule has 0 atom stereocenters. The van der Waals surface area contributed by atoms with Gasteiger partial charge in [0.1, 0.15) is 0 Å². The monoisotopic (exact) mass is 439 g/mol. The molecule has 0 aliphatic rings. The van der Waals surface area contributed by atoms with Gasteiger partial charge in [-0.05, 0) is 35.4 Å². The van der Waals surface area contributed by atoms with Gasteiger partial charge in [0, 0.05) is 48.4 Å². The van der Waals surface area contributed by atoms with Gasteiger partial charge in [-0.25, -0.2) is 0 Å². The highest BCUT2D eigenvalue weighted by Gasteiger charge is 2.21. The van der Waals surface area contributed by atoms with E-state index in [0.717, 1.165) is 11.3 Å². The molecular weight excluding hydrogens is 418 g/mol. The Morgan fingerprint density at radius 1 is 1.00 bits per heavy atom. The Balaban J connectivity index is 1.87. The Kier molecular flexibility index (Phi) is 5.87. The number of aromatic amines is 1. The Hall–Kier alpha value is -4.52. The standard InChI is InChI=1S/C26H21N3O4/c1-28(2)19-11-8-17(9-12-19)10-15-23(30)25-24(18-6-4-3-5-7-18)21-16-20(29(32)33)13-14-22(21)27-26(25)31/h3-16H,1-2H3,(H,27,31). The van der Waals surface area contributed by atoms with Crippen LogP contribution in [0.5, 0.6) is 0 Å². The molecule has 4 aromatic rings. The van der Waals surface area contributed by atoms with Gasteiger partial charge >= 0.3 is 0 Å². The number of nitro groups is 1. The van der Waals surface area contributed by atoms with Crippen molar-refractivity contribution in [3.8, 4) is 11.1 Å². The molecule has 0 bridgehead atoms. The average Bonchev–Trinajstić information content (AvgIpc) is 2.82. The lowest BCUT2D eigenvalue weighted by molar-refractivity contribution is -0.384. The summed E-state index contributed by atoms with van der Waals surface area (Å²) in [5, 5.41) is 11.8. The summed E-state index contributed by atoms with van der Waals surface area (Å²) in [7, 11) is 3.88. The van der Waals surface area contributed by atoms with Crippen LogP contribution in [0.2, 0.25) is 0 Å². The fourth-order valence-corrected chi connectivity index (χ4v) is 3.67. The molecule has 3 aromatic carbocycles. The molecule has 0 radical (unpaired) electrons. The molecular formula is C26H21N3O4. The fourth-order valence-electron chi connectivity index (χ4n) is 3.67. The number of carbonyl (C=O) groups is 1. The van der Waals surface area contributed by atoms with E-state index >= 15 is 0 Å². The maximum atomic E-state index is 13.2. The summed E-state index contributed by atoms with van der Waals surface area (Å²) >= 11 is 0. The van der Waals surface area contributed by atoms with E-state index in [9.17, 15) is 19.7 Å². The number of aromatic nitrogens is 1. The number of benzene rings is 3. The second-order valence-corrected chi connectivity index (χ2v) is 7.74. The van der Waals surface area contributed by atoms with Crippen molar-refractivity contribution in [3.63, 3.8) is 0 Å². The van der Waals surface area contributed by atoms with E-state index < -0.39 is 16.3 Å². The number of allylic oxidation sites excluding steroid dienone is 1. The average molecular weight is 439 g/mol. The summed E-state index contributed by atoms with van der Waals surface area (Å²) in [5.74, 6) is -0.486. The molecule has 7 nitrogen and oxygen atoms in total. The SMILES string of the molecule is CN(C)c1ccc(C=CC(=O)c2c(-c3ccccc3)c3cc([N+](=O)[O-])ccc3[nH]c2=O)cc1. The third-order valence-electron chi connectivity index (χ3n) is 5.35. The van der Waals surface area contributed by atoms with Gasteiger partial charge in [-0.1, -0.05) is 48.5 Å². The zero-order valence-electron chi connectivity index (χ0n) is 18.1. The van der Waals surface area contributed by atoms with Gasteiger partial charge in [-0.3, -0.25) is 19.7 Å². The smallest absolute Gasteiger partial charge is 0.270 e. The number of pyridine rings is 1. The number of nitro benzene ring substituents is 1. The van der Waals surface area contributed by atoms with Crippen molar-refractivity contribution in [1.29, 1.82) is 0 Å². The van der Waals surface area contributed by atoms with Gasteiger partial charge in [0.25, 0.3) is 11.2 Å². The second kappa shape index (κ2) is 8.92. The van der Waals surface area contributed by atoms with Gasteiger partial charge in [0.05, 0.1) is 10.5 Å². The molecule has 1 heterocycles. The Bertz CT molecular complexity index is 1440. The van der Waals surface area contributed by atoms with Crippen molar-refractivity contribution in [2.45, 2.75) is 0 Å². The van der Waals surface area contributed by atoms with Crippen molar-refractivity contribution in [2.75, 3.05) is 19.0 Å². The quantitative estimate of drug-likeness (QED) is 0.196. The number of fused-ring (bicyclic) bond motifs is 1. The topological polar surface area (TPSA) is 96.3 Å². The molecule has 0 fully saturated rings. The predicted molar refractivity (Wildman–Crippen MR) is 131 cm³/mol. The molecule has 1 aromatic heterocycles. The van der Waals surface area contributed by atoms with Crippen molar-refractivity contribution in [3.05, 3.63) is 110 Å². The molecule has 0 saturated carbocycles. The van der Waals surface area contributed by atoms with Crippen molar-refractivity contribution in [2.24, 2.45) is 0 Å². The van der Waals surface area contributed by atoms with Crippen LogP contribution in [0.15, 0.2) is 83.7 Å². The van der Waals surface area contributed by atoms with Crippen LogP contribution >= 0.6 is 0 Å². The fraction of sp³-hybridized carbons (Fsp3) is 0.0769. The Morgan fingerprint density at radius 3 is 2.33 bits per heavy atom. The summed E-state index contributed by atoms with van der Waals surface area (Å²) in [4.78, 5) is 41.7. The number of H-pyrrole nitrogens is 1. The lowest BCUT2D eigenvalue weighted by Crippen LogP contribution is -2.18. The first-order valence-electron chi connectivity index (χ1n) is 10.2. The lowest BCUT2D eigenvalue weighted by atomic mass is 9.93. The van der Waals surface area contributed by atoms with Crippen LogP contribution in [-0.4, -0.2) is 29.8 Å². The molecule has 164 valence electrons. The van der Waals surface area contributed by atoms with E-state index in [2.05, 4.69) is 4.98 Å². The first-order chi connectivity index (χ1) is 15.8. The van der Waals surface area contributed by atoms with Crippen LogP contribution in [0.4, 0.5) is 11.4 Å². The number of hydrogen-bond acceptors (Lipinski definition) is 5. The highest BCUT2D eigenvalue weighted by Crippen LogP contribution is 2.32. The molecule has 1 N–H and O–H groups in total. The number of ketones is 1. The van der Waals surface area contributed by atoms with Crippen molar-refractivity contribution < 1.29 is 9.72 Å². The van der Waals surface area contributed by atoms with Crippen LogP contribution in [-0.2, 0) is 0 Å². The van der Waals surface area contributed by atoms with Crippen LogP contribution in [0, 0.1) is 10.1 Å². The summed E-state index contributed by atoms with van der Waals surface area (Å²) in [6.45, 7) is 0. The van der Waals surface area contributed by atoms with Gasteiger partial charge in [0.15, 0.2) is 5.78 Å². The molecule has 0 unspecified atom stereocenters. The molecule has 0 aliphatic carbocycles. The zero-order chi connectivity index (χ0) is 23.5. The molecule has 0 amide bonds. The third kappa shape index (κ3) is 4.43. The van der Waals surface area contributed by atoms with E-state index in [1.807, 2.05) is 49.3 Å². The minimum Gasteiger partial charge on any atom is -0.378 e. The van der Waals surface area contributed by atoms with E-state index in [-0.39, 0.29) is 11.3 Å². The van der Waals surface area contributed by atoms with Gasteiger partial charge in [-0.2, -0.15) is 0 Å². The predicted octanol–water partition coefficient (Wildman–Crippen LogP) is 5.07. The first-order valence-corrected chi connectivity index (χ1v) is 10.2. The van der Waals surface area contributed by atoms with Crippen molar-refractivity contribution in [1.82, 2.24) is 4.98 Å². The molecule has 7 heteroatoms. The molecule has 0 aliphatic heterocycles. The minimum atomic E-state index is -0.548. The largest absolute Gasteiger partial charge is 0.378 e. The van der Waals surface area contributed by atoms with Crippen LogP contribution in [0.1, 0.15) is 15.9 Å². The lowest BCUT2D eigenvalue weighted by Gasteiger charge is -2.12. The zero-order valence-corrected chi connectivity index (χ0v) is 18.1. The number of carbonyl (C=O) groups excluding carboxylic acids is 1. The van der Waals surface area contributed by atoms with Gasteiger partial charge < -0.3 is 9.88 Å². The normalized spacial score (nSPS) is 11.1. The second-order valence-electron chi connectivity index (χ2n) is 7.74. The minimum absolute atomic E-state index is 0.0599. The highest BCUT2D eigenvalue weighted by molar-refractivity contribution is 6.15. The molecule has 4 rings (SSSR count). The maximum Gasteiger partial charge on any atom is 0.270 e. The van der Waals surface area contributed by atoms with Crippen LogP contribution in [0.25, 0.3) is 28.1 Å². The molecule has 0 spiro atoms. The number of hydrogen-bond donors (Lipinski definition) is 1. The first kappa shape index (κ1) is 21.7. The third-order valence-corrected chi connectivity index (χ3v) is 5.35. The van der Waals surface area contributed by atoms with E-state index in [1.165, 1.54) is 24.3 Å². The number of non-ortho nitro benzene ring substituents is 1. The number of nitrogens with one attached hydrogen (secondary N) is 1. The van der Waals surface area contributed by atoms with E-state index in [1.54, 1.807) is 30.3 Å². The number of rotatable bonds is 6. The number of nitrogens with zero attached hydrogens (tertiary/aromatic N) is 2. The summed E-state index contributed by atoms with van der Waals surface area (Å²) in [6.07, 6.45) is 3.00. The Morgan fingerprint density at radius 2 is 1.70 bits per heavy atom. The summed E-state index contributed by atoms with van der Waals surface area (Å²) in [6, 6.07) is 20.8. The van der Waals surface area contributed by atoms with Crippen LogP contribution in [0.3, 0.4) is 0 Å². The molecule has 33 heavy (non-hydrogen) atoms. The van der Waals surface area contributed by atoms with Gasteiger partial charge in [0.2, 0.25) is 0 Å². The summed E-state index contributed by atoms with van der Waals surface area (Å²) in [5.41, 5.74) is 2.52. The van der Waals surface area contributed by atoms with Gasteiger partial charge in [-0.15, -0.1) is 0 Å². The maximum absolute atomic E-state index is 13.2. The van der Waals surface area contributed by atoms with Crippen molar-refractivity contribution >= 4 is 34.1 Å².